The molecule has 3 aromatic rings. The molecule has 25 heavy (non-hydrogen) atoms. The van der Waals surface area contributed by atoms with Gasteiger partial charge in [0.1, 0.15) is 0 Å². The Kier molecular flexibility index (Phi) is 4.09. The van der Waals surface area contributed by atoms with E-state index < -0.39 is 10.0 Å². The summed E-state index contributed by atoms with van der Waals surface area (Å²) in [5.74, 6) is 0. The highest BCUT2D eigenvalue weighted by atomic mass is 32.2. The highest BCUT2D eigenvalue weighted by Gasteiger charge is 2.18. The van der Waals surface area contributed by atoms with E-state index in [-0.39, 0.29) is 0 Å². The Morgan fingerprint density at radius 3 is 2.72 bits per heavy atom. The maximum Gasteiger partial charge on any atom is 0.261 e. The van der Waals surface area contributed by atoms with Crippen LogP contribution in [-0.2, 0) is 22.9 Å². The molecular formula is C19H18N2O2S2. The van der Waals surface area contributed by atoms with Crippen molar-refractivity contribution in [1.82, 2.24) is 4.98 Å². The van der Waals surface area contributed by atoms with Crippen LogP contribution in [-0.4, -0.2) is 13.4 Å². The minimum atomic E-state index is -3.60. The molecule has 0 atom stereocenters. The fourth-order valence-electron chi connectivity index (χ4n) is 3.17. The normalized spacial score (nSPS) is 13.6. The van der Waals surface area contributed by atoms with Crippen molar-refractivity contribution in [2.75, 3.05) is 4.72 Å². The predicted molar refractivity (Wildman–Crippen MR) is 102 cm³/mol. The topological polar surface area (TPSA) is 59.1 Å². The number of fused-ring (bicyclic) bond motifs is 1. The number of benzene rings is 2. The van der Waals surface area contributed by atoms with Gasteiger partial charge in [0.25, 0.3) is 10.0 Å². The lowest BCUT2D eigenvalue weighted by Gasteiger charge is -2.10. The van der Waals surface area contributed by atoms with E-state index >= 15 is 0 Å². The molecular weight excluding hydrogens is 352 g/mol. The summed E-state index contributed by atoms with van der Waals surface area (Å²) in [6, 6.07) is 12.8. The second-order valence-corrected chi connectivity index (χ2v) is 8.97. The number of rotatable bonds is 4. The van der Waals surface area contributed by atoms with Crippen LogP contribution in [0.3, 0.4) is 0 Å². The fraction of sp³-hybridized carbons (Fsp3) is 0.211. The van der Waals surface area contributed by atoms with E-state index in [1.165, 1.54) is 5.56 Å². The van der Waals surface area contributed by atoms with Gasteiger partial charge in [-0.25, -0.2) is 13.4 Å². The Bertz CT molecular complexity index is 1040. The molecule has 1 N–H and O–H groups in total. The highest BCUT2D eigenvalue weighted by molar-refractivity contribution is 7.92. The zero-order chi connectivity index (χ0) is 17.4. The zero-order valence-electron chi connectivity index (χ0n) is 13.8. The first-order valence-electron chi connectivity index (χ1n) is 8.18. The van der Waals surface area contributed by atoms with Crippen molar-refractivity contribution in [2.24, 2.45) is 0 Å². The van der Waals surface area contributed by atoms with Gasteiger partial charge in [-0.3, -0.25) is 4.72 Å². The first-order chi connectivity index (χ1) is 12.0. The maximum absolute atomic E-state index is 12.7. The molecule has 1 aliphatic carbocycles. The SMILES string of the molecule is Cc1nc(-c2cccc(NS(=O)(=O)c3ccc4c(c3)CCC4)c2)cs1. The van der Waals surface area contributed by atoms with E-state index in [4.69, 9.17) is 0 Å². The molecule has 0 saturated heterocycles. The molecule has 1 aliphatic rings. The fourth-order valence-corrected chi connectivity index (χ4v) is 4.89. The number of anilines is 1. The van der Waals surface area contributed by atoms with Gasteiger partial charge in [0.2, 0.25) is 0 Å². The number of hydrogen-bond acceptors (Lipinski definition) is 4. The molecule has 2 aromatic carbocycles. The molecule has 0 spiro atoms. The molecule has 1 aromatic heterocycles. The second kappa shape index (κ2) is 6.28. The third-order valence-electron chi connectivity index (χ3n) is 4.41. The van der Waals surface area contributed by atoms with Crippen molar-refractivity contribution < 1.29 is 8.42 Å². The van der Waals surface area contributed by atoms with Crippen molar-refractivity contribution in [3.8, 4) is 11.3 Å². The highest BCUT2D eigenvalue weighted by Crippen LogP contribution is 2.28. The van der Waals surface area contributed by atoms with Crippen LogP contribution in [0.1, 0.15) is 22.6 Å². The smallest absolute Gasteiger partial charge is 0.261 e. The molecule has 0 radical (unpaired) electrons. The monoisotopic (exact) mass is 370 g/mol. The van der Waals surface area contributed by atoms with Crippen molar-refractivity contribution in [2.45, 2.75) is 31.1 Å². The average molecular weight is 370 g/mol. The van der Waals surface area contributed by atoms with Crippen molar-refractivity contribution >= 4 is 27.0 Å². The van der Waals surface area contributed by atoms with Gasteiger partial charge in [0.05, 0.1) is 15.6 Å². The summed E-state index contributed by atoms with van der Waals surface area (Å²) in [6.07, 6.45) is 3.09. The summed E-state index contributed by atoms with van der Waals surface area (Å²) in [6.45, 7) is 1.95. The molecule has 128 valence electrons. The summed E-state index contributed by atoms with van der Waals surface area (Å²) in [5, 5.41) is 2.96. The molecule has 0 amide bonds. The van der Waals surface area contributed by atoms with Gasteiger partial charge in [-0.05, 0) is 61.6 Å². The standard InChI is InChI=1S/C19H18N2O2S2/c1-13-20-19(12-24-13)16-6-3-7-17(10-16)21-25(22,23)18-9-8-14-4-2-5-15(14)11-18/h3,6-12,21H,2,4-5H2,1H3. The molecule has 1 heterocycles. The van der Waals surface area contributed by atoms with Crippen LogP contribution in [0.2, 0.25) is 0 Å². The molecule has 6 heteroatoms. The number of thiazole rings is 1. The lowest BCUT2D eigenvalue weighted by atomic mass is 10.1. The van der Waals surface area contributed by atoms with Gasteiger partial charge < -0.3 is 0 Å². The molecule has 0 saturated carbocycles. The lowest BCUT2D eigenvalue weighted by Crippen LogP contribution is -2.13. The number of aryl methyl sites for hydroxylation is 3. The minimum absolute atomic E-state index is 0.322. The second-order valence-electron chi connectivity index (χ2n) is 6.22. The Morgan fingerprint density at radius 2 is 1.92 bits per heavy atom. The minimum Gasteiger partial charge on any atom is -0.280 e. The van der Waals surface area contributed by atoms with Gasteiger partial charge in [-0.15, -0.1) is 11.3 Å². The van der Waals surface area contributed by atoms with E-state index in [0.29, 0.717) is 10.6 Å². The Hall–Kier alpha value is -2.18. The van der Waals surface area contributed by atoms with E-state index in [1.54, 1.807) is 29.5 Å². The van der Waals surface area contributed by atoms with E-state index in [0.717, 1.165) is 41.1 Å². The summed E-state index contributed by atoms with van der Waals surface area (Å²) in [5.41, 5.74) is 4.72. The van der Waals surface area contributed by atoms with Gasteiger partial charge in [-0.2, -0.15) is 0 Å². The molecule has 0 unspecified atom stereocenters. The molecule has 0 bridgehead atoms. The summed E-state index contributed by atoms with van der Waals surface area (Å²) >= 11 is 1.58. The molecule has 0 aliphatic heterocycles. The van der Waals surface area contributed by atoms with Crippen LogP contribution < -0.4 is 4.72 Å². The number of nitrogens with one attached hydrogen (secondary N) is 1. The van der Waals surface area contributed by atoms with Gasteiger partial charge in [-0.1, -0.05) is 18.2 Å². The molecule has 4 rings (SSSR count). The third kappa shape index (κ3) is 3.32. The van der Waals surface area contributed by atoms with Crippen LogP contribution in [0.15, 0.2) is 52.7 Å². The molecule has 4 nitrogen and oxygen atoms in total. The predicted octanol–water partition coefficient (Wildman–Crippen LogP) is 4.41. The Morgan fingerprint density at radius 1 is 1.08 bits per heavy atom. The van der Waals surface area contributed by atoms with Crippen LogP contribution in [0, 0.1) is 6.92 Å². The van der Waals surface area contributed by atoms with Crippen molar-refractivity contribution in [1.29, 1.82) is 0 Å². The average Bonchev–Trinajstić information content (AvgIpc) is 3.22. The largest absolute Gasteiger partial charge is 0.280 e. The van der Waals surface area contributed by atoms with Gasteiger partial charge in [0, 0.05) is 16.6 Å². The number of hydrogen-bond donors (Lipinski definition) is 1. The zero-order valence-corrected chi connectivity index (χ0v) is 15.5. The van der Waals surface area contributed by atoms with Crippen LogP contribution in [0.25, 0.3) is 11.3 Å². The van der Waals surface area contributed by atoms with Gasteiger partial charge >= 0.3 is 0 Å². The number of sulfonamides is 1. The number of nitrogens with zero attached hydrogens (tertiary/aromatic N) is 1. The van der Waals surface area contributed by atoms with Crippen molar-refractivity contribution in [3.63, 3.8) is 0 Å². The van der Waals surface area contributed by atoms with E-state index in [2.05, 4.69) is 9.71 Å². The van der Waals surface area contributed by atoms with E-state index in [1.807, 2.05) is 36.6 Å². The first-order valence-corrected chi connectivity index (χ1v) is 10.5. The Balaban J connectivity index is 1.63. The Labute approximate surface area is 151 Å². The van der Waals surface area contributed by atoms with Crippen molar-refractivity contribution in [3.05, 3.63) is 64.0 Å². The number of aromatic nitrogens is 1. The third-order valence-corrected chi connectivity index (χ3v) is 6.56. The quantitative estimate of drug-likeness (QED) is 0.740. The van der Waals surface area contributed by atoms with Gasteiger partial charge in [0.15, 0.2) is 0 Å². The van der Waals surface area contributed by atoms with Crippen LogP contribution in [0.4, 0.5) is 5.69 Å². The summed E-state index contributed by atoms with van der Waals surface area (Å²) in [7, 11) is -3.60. The van der Waals surface area contributed by atoms with Crippen LogP contribution >= 0.6 is 11.3 Å². The molecule has 0 fully saturated rings. The summed E-state index contributed by atoms with van der Waals surface area (Å²) < 4.78 is 28.1. The van der Waals surface area contributed by atoms with Crippen LogP contribution in [0.5, 0.6) is 0 Å². The summed E-state index contributed by atoms with van der Waals surface area (Å²) in [4.78, 5) is 4.78. The first kappa shape index (κ1) is 16.3. The van der Waals surface area contributed by atoms with E-state index in [9.17, 15) is 8.42 Å². The maximum atomic E-state index is 12.7. The lowest BCUT2D eigenvalue weighted by molar-refractivity contribution is 0.601.